The second-order valence-corrected chi connectivity index (χ2v) is 8.50. The minimum atomic E-state index is 0.201. The standard InChI is InChI=1S/C24H30N2O2/c27-14-10-17-3-6-19(7-4-17)25-13-9-20-22-2-1-12-26(22)23-8-5-18(11-15-28)16-21(23)24(20)25/h3-8,16,20,22,24,27-28H,1-2,9-15H2/t20-,22-,24-/m1/s1. The molecule has 2 aromatic carbocycles. The van der Waals surface area contributed by atoms with Crippen LogP contribution in [0, 0.1) is 5.92 Å². The van der Waals surface area contributed by atoms with Crippen LogP contribution in [0.5, 0.6) is 0 Å². The Kier molecular flexibility index (Phi) is 4.77. The number of benzene rings is 2. The lowest BCUT2D eigenvalue weighted by Gasteiger charge is -2.44. The number of nitrogens with zero attached hydrogens (tertiary/aromatic N) is 2. The summed E-state index contributed by atoms with van der Waals surface area (Å²) in [5, 5.41) is 18.6. The SMILES string of the molecule is OCCc1ccc(N2CC[C@@H]3[C@H]4CCCN4c4ccc(CCO)cc4[C@@H]32)cc1. The molecular weight excluding hydrogens is 348 g/mol. The van der Waals surface area contributed by atoms with E-state index in [2.05, 4.69) is 52.3 Å². The van der Waals surface area contributed by atoms with E-state index in [0.29, 0.717) is 18.0 Å². The lowest BCUT2D eigenvalue weighted by atomic mass is 9.81. The van der Waals surface area contributed by atoms with Crippen LogP contribution in [0.4, 0.5) is 11.4 Å². The van der Waals surface area contributed by atoms with Crippen LogP contribution in [0.3, 0.4) is 0 Å². The van der Waals surface area contributed by atoms with Gasteiger partial charge in [-0.05, 0) is 67.0 Å². The van der Waals surface area contributed by atoms with Crippen molar-refractivity contribution in [3.05, 3.63) is 59.2 Å². The number of anilines is 2. The maximum Gasteiger partial charge on any atom is 0.0611 e. The van der Waals surface area contributed by atoms with Crippen LogP contribution in [0.2, 0.25) is 0 Å². The summed E-state index contributed by atoms with van der Waals surface area (Å²) in [6.45, 7) is 2.68. The minimum Gasteiger partial charge on any atom is -0.396 e. The molecule has 2 saturated heterocycles. The molecule has 2 aromatic rings. The maximum absolute atomic E-state index is 9.42. The Labute approximate surface area is 167 Å². The van der Waals surface area contributed by atoms with E-state index < -0.39 is 0 Å². The van der Waals surface area contributed by atoms with Gasteiger partial charge >= 0.3 is 0 Å². The topological polar surface area (TPSA) is 46.9 Å². The second kappa shape index (κ2) is 7.41. The lowest BCUT2D eigenvalue weighted by Crippen LogP contribution is -2.44. The highest BCUT2D eigenvalue weighted by atomic mass is 16.3. The molecule has 0 radical (unpaired) electrons. The van der Waals surface area contributed by atoms with Gasteiger partial charge in [0.05, 0.1) is 6.04 Å². The van der Waals surface area contributed by atoms with Crippen LogP contribution >= 0.6 is 0 Å². The van der Waals surface area contributed by atoms with Gasteiger partial charge in [-0.1, -0.05) is 24.3 Å². The van der Waals surface area contributed by atoms with Gasteiger partial charge in [-0.15, -0.1) is 0 Å². The fourth-order valence-electron chi connectivity index (χ4n) is 5.81. The van der Waals surface area contributed by atoms with Crippen molar-refractivity contribution < 1.29 is 10.2 Å². The first-order chi connectivity index (χ1) is 13.8. The van der Waals surface area contributed by atoms with Gasteiger partial charge in [0.25, 0.3) is 0 Å². The van der Waals surface area contributed by atoms with Crippen molar-refractivity contribution >= 4 is 11.4 Å². The molecule has 3 heterocycles. The van der Waals surface area contributed by atoms with Crippen LogP contribution in [-0.4, -0.2) is 42.6 Å². The van der Waals surface area contributed by atoms with Gasteiger partial charge in [0.1, 0.15) is 0 Å². The summed E-state index contributed by atoms with van der Waals surface area (Å²) >= 11 is 0. The molecular formula is C24H30N2O2. The van der Waals surface area contributed by atoms with Crippen molar-refractivity contribution in [2.24, 2.45) is 5.92 Å². The van der Waals surface area contributed by atoms with Crippen LogP contribution < -0.4 is 9.80 Å². The summed E-state index contributed by atoms with van der Waals surface area (Å²) in [7, 11) is 0. The third-order valence-electron chi connectivity index (χ3n) is 7.03. The van der Waals surface area contributed by atoms with E-state index in [0.717, 1.165) is 19.4 Å². The smallest absolute Gasteiger partial charge is 0.0611 e. The zero-order valence-corrected chi connectivity index (χ0v) is 16.4. The molecule has 0 amide bonds. The molecule has 2 fully saturated rings. The first-order valence-corrected chi connectivity index (χ1v) is 10.8. The summed E-state index contributed by atoms with van der Waals surface area (Å²) in [5.74, 6) is 0.677. The average Bonchev–Trinajstić information content (AvgIpc) is 3.36. The van der Waals surface area contributed by atoms with Gasteiger partial charge in [-0.2, -0.15) is 0 Å². The summed E-state index contributed by atoms with van der Waals surface area (Å²) in [5.41, 5.74) is 6.58. The maximum atomic E-state index is 9.42. The third-order valence-corrected chi connectivity index (χ3v) is 7.03. The van der Waals surface area contributed by atoms with E-state index in [1.165, 1.54) is 53.9 Å². The summed E-state index contributed by atoms with van der Waals surface area (Å²) < 4.78 is 0. The van der Waals surface area contributed by atoms with E-state index in [4.69, 9.17) is 0 Å². The van der Waals surface area contributed by atoms with Gasteiger partial charge < -0.3 is 20.0 Å². The molecule has 0 unspecified atom stereocenters. The number of rotatable bonds is 5. The van der Waals surface area contributed by atoms with E-state index in [1.54, 1.807) is 0 Å². The minimum absolute atomic E-state index is 0.201. The number of aliphatic hydroxyl groups excluding tert-OH is 2. The normalized spacial score (nSPS) is 25.6. The largest absolute Gasteiger partial charge is 0.396 e. The summed E-state index contributed by atoms with van der Waals surface area (Å²) in [4.78, 5) is 5.26. The van der Waals surface area contributed by atoms with Gasteiger partial charge in [-0.25, -0.2) is 0 Å². The van der Waals surface area contributed by atoms with Gasteiger partial charge in [-0.3, -0.25) is 0 Å². The fraction of sp³-hybridized carbons (Fsp3) is 0.500. The highest BCUT2D eigenvalue weighted by Crippen LogP contribution is 2.52. The number of fused-ring (bicyclic) bond motifs is 6. The Morgan fingerprint density at radius 3 is 2.36 bits per heavy atom. The number of aliphatic hydroxyl groups is 2. The molecule has 0 aromatic heterocycles. The zero-order valence-electron chi connectivity index (χ0n) is 16.4. The van der Waals surface area contributed by atoms with E-state index in [9.17, 15) is 10.2 Å². The molecule has 0 aliphatic carbocycles. The van der Waals surface area contributed by atoms with Crippen LogP contribution in [0.15, 0.2) is 42.5 Å². The molecule has 3 aliphatic heterocycles. The first-order valence-electron chi connectivity index (χ1n) is 10.8. The van der Waals surface area contributed by atoms with Crippen molar-refractivity contribution in [3.63, 3.8) is 0 Å². The van der Waals surface area contributed by atoms with Gasteiger partial charge in [0.15, 0.2) is 0 Å². The zero-order chi connectivity index (χ0) is 19.1. The van der Waals surface area contributed by atoms with E-state index in [1.807, 2.05) is 0 Å². The fourth-order valence-corrected chi connectivity index (χ4v) is 5.81. The molecule has 4 nitrogen and oxygen atoms in total. The predicted octanol–water partition coefficient (Wildman–Crippen LogP) is 3.31. The van der Waals surface area contributed by atoms with E-state index >= 15 is 0 Å². The van der Waals surface area contributed by atoms with Gasteiger partial charge in [0.2, 0.25) is 0 Å². The molecule has 4 heteroatoms. The van der Waals surface area contributed by atoms with Crippen molar-refractivity contribution in [1.29, 1.82) is 0 Å². The third kappa shape index (κ3) is 2.90. The Hall–Kier alpha value is -2.04. The molecule has 5 rings (SSSR count). The van der Waals surface area contributed by atoms with Crippen LogP contribution in [0.25, 0.3) is 0 Å². The molecule has 2 N–H and O–H groups in total. The molecule has 0 bridgehead atoms. The average molecular weight is 379 g/mol. The lowest BCUT2D eigenvalue weighted by molar-refractivity contribution is 0.299. The Balaban J connectivity index is 1.54. The summed E-state index contributed by atoms with van der Waals surface area (Å²) in [6, 6.07) is 16.7. The molecule has 3 aliphatic rings. The Bertz CT molecular complexity index is 835. The van der Waals surface area contributed by atoms with E-state index in [-0.39, 0.29) is 13.2 Å². The molecule has 3 atom stereocenters. The van der Waals surface area contributed by atoms with Crippen LogP contribution in [0.1, 0.15) is 42.0 Å². The number of hydrogen-bond acceptors (Lipinski definition) is 4. The molecule has 0 spiro atoms. The van der Waals surface area contributed by atoms with Crippen molar-refractivity contribution in [2.45, 2.75) is 44.2 Å². The van der Waals surface area contributed by atoms with Crippen molar-refractivity contribution in [3.8, 4) is 0 Å². The molecule has 148 valence electrons. The molecule has 0 saturated carbocycles. The highest BCUT2D eigenvalue weighted by molar-refractivity contribution is 5.65. The first kappa shape index (κ1) is 18.0. The Morgan fingerprint density at radius 2 is 1.57 bits per heavy atom. The monoisotopic (exact) mass is 378 g/mol. The second-order valence-electron chi connectivity index (χ2n) is 8.50. The number of hydrogen-bond donors (Lipinski definition) is 2. The highest BCUT2D eigenvalue weighted by Gasteiger charge is 2.48. The summed E-state index contributed by atoms with van der Waals surface area (Å²) in [6.07, 6.45) is 5.29. The quantitative estimate of drug-likeness (QED) is 0.838. The van der Waals surface area contributed by atoms with Crippen molar-refractivity contribution in [1.82, 2.24) is 0 Å². The Morgan fingerprint density at radius 1 is 0.821 bits per heavy atom. The predicted molar refractivity (Wildman–Crippen MR) is 113 cm³/mol. The van der Waals surface area contributed by atoms with Crippen LogP contribution in [-0.2, 0) is 12.8 Å². The molecule has 28 heavy (non-hydrogen) atoms. The van der Waals surface area contributed by atoms with Gasteiger partial charge in [0, 0.05) is 49.6 Å². The van der Waals surface area contributed by atoms with Crippen molar-refractivity contribution in [2.75, 3.05) is 36.1 Å².